The molecule has 2 aromatic heterocycles. The van der Waals surface area contributed by atoms with Crippen LogP contribution in [-0.4, -0.2) is 24.3 Å². The molecule has 0 fully saturated rings. The first-order valence-corrected chi connectivity index (χ1v) is 19.8. The molecule has 1 aliphatic heterocycles. The van der Waals surface area contributed by atoms with Gasteiger partial charge in [0.15, 0.2) is 0 Å². The van der Waals surface area contributed by atoms with E-state index >= 15 is 0 Å². The third kappa shape index (κ3) is 5.38. The first-order chi connectivity index (χ1) is 24.1. The second-order valence-corrected chi connectivity index (χ2v) is 17.5. The molecule has 6 heteroatoms. The van der Waals surface area contributed by atoms with Crippen molar-refractivity contribution in [1.82, 2.24) is 9.55 Å². The second kappa shape index (κ2) is 12.9. The quantitative estimate of drug-likeness (QED) is 0.123. The minimum absolute atomic E-state index is 0. The fourth-order valence-electron chi connectivity index (χ4n) is 7.22. The topological polar surface area (TPSA) is 24.3 Å². The van der Waals surface area contributed by atoms with Crippen LogP contribution < -0.4 is 20.2 Å². The minimum Gasteiger partial charge on any atom is -0.345 e. The van der Waals surface area contributed by atoms with Gasteiger partial charge in [-0.1, -0.05) is 103 Å². The van der Waals surface area contributed by atoms with Crippen molar-refractivity contribution in [1.29, 1.82) is 0 Å². The smallest absolute Gasteiger partial charge is 0.345 e. The summed E-state index contributed by atoms with van der Waals surface area (Å²) < 4.78 is 2.28. The zero-order chi connectivity index (χ0) is 33.0. The number of pyridine rings is 1. The van der Waals surface area contributed by atoms with E-state index in [9.17, 15) is 0 Å². The average Bonchev–Trinajstić information content (AvgIpc) is 3.72. The summed E-state index contributed by atoms with van der Waals surface area (Å²) in [5.74, 6) is 0.893. The van der Waals surface area contributed by atoms with Crippen LogP contribution in [0, 0.1) is 12.1 Å². The van der Waals surface area contributed by atoms with E-state index < -0.39 is 8.07 Å². The largest absolute Gasteiger partial charge is 2.00 e. The van der Waals surface area contributed by atoms with Crippen molar-refractivity contribution in [2.24, 2.45) is 0 Å². The third-order valence-electron chi connectivity index (χ3n) is 9.90. The molecule has 50 heavy (non-hydrogen) atoms. The number of aromatic nitrogens is 2. The van der Waals surface area contributed by atoms with Crippen LogP contribution in [0.25, 0.3) is 38.8 Å². The van der Waals surface area contributed by atoms with Crippen LogP contribution >= 0.6 is 0 Å². The van der Waals surface area contributed by atoms with Gasteiger partial charge in [-0.05, 0) is 59.0 Å². The van der Waals surface area contributed by atoms with Crippen LogP contribution in [0.4, 0.5) is 22.7 Å². The van der Waals surface area contributed by atoms with Crippen LogP contribution in [-0.2, 0) is 21.1 Å². The average molecular weight is 842 g/mol. The number of hydrogen-bond donors (Lipinski definition) is 0. The number of para-hydroxylation sites is 4. The molecule has 0 saturated carbocycles. The van der Waals surface area contributed by atoms with Crippen LogP contribution in [0.5, 0.6) is 0 Å². The Balaban J connectivity index is 0.00000361. The van der Waals surface area contributed by atoms with Gasteiger partial charge in [-0.3, -0.25) is 0 Å². The van der Waals surface area contributed by atoms with Crippen LogP contribution in [0.1, 0.15) is 0 Å². The predicted molar refractivity (Wildman–Crippen MR) is 207 cm³/mol. The normalized spacial score (nSPS) is 12.7. The Kier molecular flexibility index (Phi) is 8.26. The van der Waals surface area contributed by atoms with E-state index in [1.807, 2.05) is 6.20 Å². The third-order valence-corrected chi connectivity index (χ3v) is 13.2. The monoisotopic (exact) mass is 841 g/mol. The molecule has 0 spiro atoms. The van der Waals surface area contributed by atoms with Crippen molar-refractivity contribution in [2.75, 3.05) is 16.5 Å². The Bertz CT molecular complexity index is 2470. The van der Waals surface area contributed by atoms with Gasteiger partial charge in [0.05, 0.1) is 26.1 Å². The molecule has 0 atom stereocenters. The first-order valence-electron chi connectivity index (χ1n) is 16.8. The maximum absolute atomic E-state index is 4.90. The van der Waals surface area contributed by atoms with Gasteiger partial charge in [-0.2, -0.15) is 46.8 Å². The Morgan fingerprint density at radius 1 is 0.580 bits per heavy atom. The maximum Gasteiger partial charge on any atom is 2.00 e. The molecule has 0 aliphatic carbocycles. The molecular weight excluding hydrogens is 808 g/mol. The summed E-state index contributed by atoms with van der Waals surface area (Å²) in [5, 5.41) is 4.88. The van der Waals surface area contributed by atoms with Gasteiger partial charge in [0, 0.05) is 17.4 Å². The molecule has 8 aromatic rings. The summed E-state index contributed by atoms with van der Waals surface area (Å²) in [6.45, 7) is 5.56. The number of anilines is 4. The molecule has 0 radical (unpaired) electrons. The molecule has 3 heterocycles. The van der Waals surface area contributed by atoms with E-state index in [4.69, 9.17) is 4.98 Å². The molecule has 1 aliphatic rings. The molecule has 0 amide bonds. The van der Waals surface area contributed by atoms with E-state index in [0.29, 0.717) is 0 Å². The fraction of sp³-hybridized carbons (Fsp3) is 0.0682. The maximum atomic E-state index is 4.90. The zero-order valence-corrected chi connectivity index (χ0v) is 31.1. The number of nitrogens with zero attached hydrogens (tertiary/aromatic N) is 4. The van der Waals surface area contributed by atoms with Crippen molar-refractivity contribution >= 4 is 63.0 Å². The second-order valence-electron chi connectivity index (χ2n) is 13.2. The van der Waals surface area contributed by atoms with Crippen molar-refractivity contribution in [3.05, 3.63) is 170 Å². The Morgan fingerprint density at radius 2 is 1.26 bits per heavy atom. The Morgan fingerprint density at radius 3 is 2.06 bits per heavy atom. The summed E-state index contributed by atoms with van der Waals surface area (Å²) in [4.78, 5) is 9.65. The fourth-order valence-corrected chi connectivity index (χ4v) is 9.39. The van der Waals surface area contributed by atoms with E-state index in [0.717, 1.165) is 34.8 Å². The molecule has 9 rings (SSSR count). The van der Waals surface area contributed by atoms with Crippen molar-refractivity contribution in [3.63, 3.8) is 0 Å². The zero-order valence-electron chi connectivity index (χ0n) is 27.8. The van der Waals surface area contributed by atoms with Gasteiger partial charge in [-0.15, -0.1) is 11.5 Å². The van der Waals surface area contributed by atoms with Crippen molar-refractivity contribution < 1.29 is 21.1 Å². The SMILES string of the molecule is C[Si](C)(c1[c-]c(N2CN(c3ccccc3)c3ccccc32)ccc1)c1[c-]c2c(cc1)c1ccccc1n2-c1cc(-c2ccccc2)ccn1.[Pt+2]. The number of rotatable bonds is 6. The summed E-state index contributed by atoms with van der Waals surface area (Å²) in [6.07, 6.45) is 1.91. The number of fused-ring (bicyclic) bond motifs is 4. The van der Waals surface area contributed by atoms with E-state index in [2.05, 4.69) is 191 Å². The van der Waals surface area contributed by atoms with E-state index in [1.165, 1.54) is 43.8 Å². The molecule has 244 valence electrons. The molecule has 0 unspecified atom stereocenters. The Hall–Kier alpha value is -5.22. The molecule has 0 saturated heterocycles. The van der Waals surface area contributed by atoms with Crippen LogP contribution in [0.3, 0.4) is 0 Å². The van der Waals surface area contributed by atoms with E-state index in [-0.39, 0.29) is 21.1 Å². The van der Waals surface area contributed by atoms with Crippen molar-refractivity contribution in [3.8, 4) is 16.9 Å². The number of benzene rings is 6. The van der Waals surface area contributed by atoms with Crippen molar-refractivity contribution in [2.45, 2.75) is 13.1 Å². The number of hydrogen-bond acceptors (Lipinski definition) is 3. The standard InChI is InChI=1S/C44H34N4Si.Pt/c1-49(2,36-19-13-18-35(29-36)47-31-46(34-16-7-4-8-17-34)41-22-11-12-23-42(41)47)37-24-25-39-38-20-9-10-21-40(38)48(43(39)30-37)44-28-33(26-27-45-44)32-14-5-3-6-15-32;/h3-28H,31H2,1-2H3;/q-2;+2. The van der Waals surface area contributed by atoms with Crippen LogP contribution in [0.2, 0.25) is 13.1 Å². The molecular formula is C44H34N4PtSi. The molecule has 0 bridgehead atoms. The van der Waals surface area contributed by atoms with Gasteiger partial charge >= 0.3 is 21.1 Å². The van der Waals surface area contributed by atoms with Gasteiger partial charge in [-0.25, -0.2) is 4.98 Å². The van der Waals surface area contributed by atoms with E-state index in [1.54, 1.807) is 0 Å². The predicted octanol–water partition coefficient (Wildman–Crippen LogP) is 9.51. The van der Waals surface area contributed by atoms with Gasteiger partial charge < -0.3 is 14.4 Å². The first kappa shape index (κ1) is 32.0. The summed E-state index contributed by atoms with van der Waals surface area (Å²) in [5.41, 5.74) is 9.18. The van der Waals surface area contributed by atoms with Crippen LogP contribution in [0.15, 0.2) is 158 Å². The Labute approximate surface area is 308 Å². The van der Waals surface area contributed by atoms with Gasteiger partial charge in [0.2, 0.25) is 0 Å². The van der Waals surface area contributed by atoms with Gasteiger partial charge in [0.25, 0.3) is 0 Å². The molecule has 6 aromatic carbocycles. The molecule has 4 nitrogen and oxygen atoms in total. The summed E-state index contributed by atoms with van der Waals surface area (Å²) in [6, 6.07) is 61.7. The minimum atomic E-state index is -2.25. The summed E-state index contributed by atoms with van der Waals surface area (Å²) >= 11 is 0. The molecule has 0 N–H and O–H groups in total. The van der Waals surface area contributed by atoms with Gasteiger partial charge in [0.1, 0.15) is 5.82 Å². The summed E-state index contributed by atoms with van der Waals surface area (Å²) in [7, 11) is -2.25.